The van der Waals surface area contributed by atoms with Gasteiger partial charge in [-0.25, -0.2) is 4.98 Å². The summed E-state index contributed by atoms with van der Waals surface area (Å²) >= 11 is 7.50. The summed E-state index contributed by atoms with van der Waals surface area (Å²) in [6.07, 6.45) is 0.959. The third-order valence-electron chi connectivity index (χ3n) is 2.74. The Hall–Kier alpha value is -1.52. The topological polar surface area (TPSA) is 52.0 Å². The molecule has 0 spiro atoms. The Morgan fingerprint density at radius 1 is 1.39 bits per heavy atom. The molecule has 2 heterocycles. The van der Waals surface area contributed by atoms with Crippen molar-refractivity contribution in [3.63, 3.8) is 0 Å². The molecule has 92 valence electrons. The summed E-state index contributed by atoms with van der Waals surface area (Å²) in [5.74, 6) is 0.556. The lowest BCUT2D eigenvalue weighted by atomic mass is 10.2. The molecule has 0 unspecified atom stereocenters. The Kier molecular flexibility index (Phi) is 2.76. The molecule has 0 radical (unpaired) electrons. The van der Waals surface area contributed by atoms with Gasteiger partial charge in [0, 0.05) is 16.0 Å². The summed E-state index contributed by atoms with van der Waals surface area (Å²) in [6.45, 7) is 2.10. The van der Waals surface area contributed by atoms with Gasteiger partial charge in [-0.2, -0.15) is 0 Å². The lowest BCUT2D eigenvalue weighted by molar-refractivity contribution is 0.620. The van der Waals surface area contributed by atoms with E-state index in [1.165, 1.54) is 4.88 Å². The van der Waals surface area contributed by atoms with Crippen molar-refractivity contribution in [2.24, 2.45) is 0 Å². The minimum Gasteiger partial charge on any atom is -0.436 e. The minimum absolute atomic E-state index is 0.556. The van der Waals surface area contributed by atoms with Crippen LogP contribution >= 0.6 is 22.9 Å². The summed E-state index contributed by atoms with van der Waals surface area (Å²) in [4.78, 5) is 5.66. The number of benzene rings is 1. The Morgan fingerprint density at radius 3 is 2.94 bits per heavy atom. The highest BCUT2D eigenvalue weighted by Crippen LogP contribution is 2.35. The third-order valence-corrected chi connectivity index (χ3v) is 4.08. The van der Waals surface area contributed by atoms with Crippen LogP contribution in [0.15, 0.2) is 28.7 Å². The predicted octanol–water partition coefficient (Wildman–Crippen LogP) is 4.35. The van der Waals surface area contributed by atoms with Crippen molar-refractivity contribution in [1.82, 2.24) is 4.98 Å². The molecule has 0 fully saturated rings. The Morgan fingerprint density at radius 2 is 2.22 bits per heavy atom. The van der Waals surface area contributed by atoms with Gasteiger partial charge in [0.1, 0.15) is 5.52 Å². The number of rotatable bonds is 2. The van der Waals surface area contributed by atoms with Gasteiger partial charge in [0.2, 0.25) is 5.89 Å². The Labute approximate surface area is 113 Å². The molecule has 0 aliphatic carbocycles. The fourth-order valence-corrected chi connectivity index (χ4v) is 2.83. The highest BCUT2D eigenvalue weighted by atomic mass is 35.5. The van der Waals surface area contributed by atoms with Crippen LogP contribution < -0.4 is 5.73 Å². The second-order valence-electron chi connectivity index (χ2n) is 3.98. The second-order valence-corrected chi connectivity index (χ2v) is 5.58. The molecule has 18 heavy (non-hydrogen) atoms. The van der Waals surface area contributed by atoms with Crippen LogP contribution in [0.2, 0.25) is 5.02 Å². The summed E-state index contributed by atoms with van der Waals surface area (Å²) < 4.78 is 5.70. The zero-order valence-electron chi connectivity index (χ0n) is 9.74. The normalized spacial score (nSPS) is 11.2. The predicted molar refractivity (Wildman–Crippen MR) is 76.1 cm³/mol. The molecule has 0 bridgehead atoms. The van der Waals surface area contributed by atoms with E-state index in [0.29, 0.717) is 16.5 Å². The first-order chi connectivity index (χ1) is 8.67. The van der Waals surface area contributed by atoms with Gasteiger partial charge < -0.3 is 10.2 Å². The van der Waals surface area contributed by atoms with Crippen molar-refractivity contribution >= 4 is 39.0 Å². The zero-order chi connectivity index (χ0) is 12.7. The van der Waals surface area contributed by atoms with Gasteiger partial charge in [-0.05, 0) is 24.6 Å². The van der Waals surface area contributed by atoms with Crippen LogP contribution in [-0.4, -0.2) is 4.98 Å². The number of thiophene rings is 1. The van der Waals surface area contributed by atoms with E-state index in [4.69, 9.17) is 21.8 Å². The maximum absolute atomic E-state index is 5.99. The number of aryl methyl sites for hydroxylation is 1. The maximum atomic E-state index is 5.99. The first kappa shape index (κ1) is 11.6. The van der Waals surface area contributed by atoms with E-state index in [0.717, 1.165) is 22.5 Å². The van der Waals surface area contributed by atoms with Gasteiger partial charge >= 0.3 is 0 Å². The van der Waals surface area contributed by atoms with Crippen LogP contribution in [0.3, 0.4) is 0 Å². The summed E-state index contributed by atoms with van der Waals surface area (Å²) in [5.41, 5.74) is 8.33. The standard InChI is InChI=1S/C13H11ClN2OS/c1-2-8-6-9(12(15)18-8)13-16-10-4-3-7(14)5-11(10)17-13/h3-6H,2,15H2,1H3. The van der Waals surface area contributed by atoms with E-state index in [-0.39, 0.29) is 0 Å². The molecule has 3 nitrogen and oxygen atoms in total. The Balaban J connectivity index is 2.15. The monoisotopic (exact) mass is 278 g/mol. The summed E-state index contributed by atoms with van der Waals surface area (Å²) in [7, 11) is 0. The second kappa shape index (κ2) is 4.30. The lowest BCUT2D eigenvalue weighted by Gasteiger charge is -1.90. The van der Waals surface area contributed by atoms with E-state index in [1.807, 2.05) is 12.1 Å². The van der Waals surface area contributed by atoms with Crippen molar-refractivity contribution in [2.75, 3.05) is 5.73 Å². The minimum atomic E-state index is 0.556. The molecule has 0 saturated heterocycles. The van der Waals surface area contributed by atoms with E-state index < -0.39 is 0 Å². The van der Waals surface area contributed by atoms with Crippen molar-refractivity contribution in [3.8, 4) is 11.5 Å². The molecule has 3 aromatic rings. The highest BCUT2D eigenvalue weighted by Gasteiger charge is 2.14. The smallest absolute Gasteiger partial charge is 0.230 e. The number of anilines is 1. The maximum Gasteiger partial charge on any atom is 0.230 e. The molecule has 0 aliphatic heterocycles. The fourth-order valence-electron chi connectivity index (χ4n) is 1.81. The number of halogens is 1. The van der Waals surface area contributed by atoms with Crippen LogP contribution in [0.5, 0.6) is 0 Å². The Bertz CT molecular complexity index is 717. The van der Waals surface area contributed by atoms with Crippen LogP contribution in [0.1, 0.15) is 11.8 Å². The van der Waals surface area contributed by atoms with Gasteiger partial charge in [-0.15, -0.1) is 11.3 Å². The van der Waals surface area contributed by atoms with E-state index in [2.05, 4.69) is 11.9 Å². The fraction of sp³-hybridized carbons (Fsp3) is 0.154. The van der Waals surface area contributed by atoms with E-state index in [9.17, 15) is 0 Å². The van der Waals surface area contributed by atoms with Gasteiger partial charge in [-0.3, -0.25) is 0 Å². The van der Waals surface area contributed by atoms with Crippen LogP contribution in [0.4, 0.5) is 5.00 Å². The molecule has 2 N–H and O–H groups in total. The number of nitrogen functional groups attached to an aromatic ring is 1. The summed E-state index contributed by atoms with van der Waals surface area (Å²) in [6, 6.07) is 7.43. The third kappa shape index (κ3) is 1.87. The summed E-state index contributed by atoms with van der Waals surface area (Å²) in [5, 5.41) is 1.38. The molecule has 3 rings (SSSR count). The SMILES string of the molecule is CCc1cc(-c2nc3ccc(Cl)cc3o2)c(N)s1. The molecular formula is C13H11ClN2OS. The van der Waals surface area contributed by atoms with E-state index >= 15 is 0 Å². The average molecular weight is 279 g/mol. The van der Waals surface area contributed by atoms with Crippen molar-refractivity contribution in [2.45, 2.75) is 13.3 Å². The van der Waals surface area contributed by atoms with Gasteiger partial charge in [-0.1, -0.05) is 18.5 Å². The van der Waals surface area contributed by atoms with Gasteiger partial charge in [0.05, 0.1) is 10.6 Å². The van der Waals surface area contributed by atoms with Gasteiger partial charge in [0.15, 0.2) is 5.58 Å². The van der Waals surface area contributed by atoms with Crippen LogP contribution in [0.25, 0.3) is 22.6 Å². The largest absolute Gasteiger partial charge is 0.436 e. The molecule has 0 amide bonds. The van der Waals surface area contributed by atoms with Crippen molar-refractivity contribution in [3.05, 3.63) is 34.2 Å². The van der Waals surface area contributed by atoms with E-state index in [1.54, 1.807) is 23.5 Å². The van der Waals surface area contributed by atoms with Crippen molar-refractivity contribution < 1.29 is 4.42 Å². The van der Waals surface area contributed by atoms with Crippen molar-refractivity contribution in [1.29, 1.82) is 0 Å². The van der Waals surface area contributed by atoms with Crippen LogP contribution in [-0.2, 0) is 6.42 Å². The number of fused-ring (bicyclic) bond motifs is 1. The van der Waals surface area contributed by atoms with Gasteiger partial charge in [0.25, 0.3) is 0 Å². The number of nitrogens with zero attached hydrogens (tertiary/aromatic N) is 1. The molecule has 0 saturated carbocycles. The quantitative estimate of drug-likeness (QED) is 0.758. The number of aromatic nitrogens is 1. The zero-order valence-corrected chi connectivity index (χ0v) is 11.3. The molecule has 2 aromatic heterocycles. The number of hydrogen-bond donors (Lipinski definition) is 1. The molecular weight excluding hydrogens is 268 g/mol. The number of nitrogens with two attached hydrogens (primary N) is 1. The molecule has 0 atom stereocenters. The lowest BCUT2D eigenvalue weighted by Crippen LogP contribution is -1.82. The molecule has 0 aliphatic rings. The number of hydrogen-bond acceptors (Lipinski definition) is 4. The first-order valence-electron chi connectivity index (χ1n) is 5.62. The number of oxazole rings is 1. The molecule has 1 aromatic carbocycles. The molecule has 5 heteroatoms. The van der Waals surface area contributed by atoms with Crippen LogP contribution in [0, 0.1) is 0 Å². The average Bonchev–Trinajstić information content (AvgIpc) is 2.91. The first-order valence-corrected chi connectivity index (χ1v) is 6.81. The highest BCUT2D eigenvalue weighted by molar-refractivity contribution is 7.16.